The number of benzene rings is 1. The van der Waals surface area contributed by atoms with E-state index in [9.17, 15) is 14.0 Å². The van der Waals surface area contributed by atoms with Crippen LogP contribution < -0.4 is 10.2 Å². The van der Waals surface area contributed by atoms with Gasteiger partial charge in [-0.15, -0.1) is 0 Å². The van der Waals surface area contributed by atoms with E-state index in [4.69, 9.17) is 4.74 Å². The predicted octanol–water partition coefficient (Wildman–Crippen LogP) is 2.87. The zero-order chi connectivity index (χ0) is 22.9. The molecule has 2 amide bonds. The van der Waals surface area contributed by atoms with Crippen LogP contribution in [-0.4, -0.2) is 60.7 Å². The highest BCUT2D eigenvalue weighted by Crippen LogP contribution is 2.39. The van der Waals surface area contributed by atoms with Crippen molar-refractivity contribution in [1.82, 2.24) is 15.2 Å². The van der Waals surface area contributed by atoms with Gasteiger partial charge in [-0.25, -0.2) is 9.18 Å². The molecule has 32 heavy (non-hydrogen) atoms. The number of fused-ring (bicyclic) bond motifs is 1. The van der Waals surface area contributed by atoms with Crippen LogP contribution in [0.2, 0.25) is 0 Å². The van der Waals surface area contributed by atoms with E-state index in [1.54, 1.807) is 21.9 Å². The van der Waals surface area contributed by atoms with E-state index in [0.29, 0.717) is 32.6 Å². The minimum Gasteiger partial charge on any atom is -0.439 e. The molecule has 0 aliphatic carbocycles. The Bertz CT molecular complexity index is 1010. The fraction of sp³-hybridized carbons (Fsp3) is 0.458. The van der Waals surface area contributed by atoms with Crippen LogP contribution in [0.4, 0.5) is 14.9 Å². The zero-order valence-corrected chi connectivity index (χ0v) is 18.7. The van der Waals surface area contributed by atoms with Crippen LogP contribution in [0.25, 0.3) is 0 Å². The Morgan fingerprint density at radius 2 is 2.00 bits per heavy atom. The summed E-state index contributed by atoms with van der Waals surface area (Å²) in [5.74, 6) is -0.544. The number of ether oxygens (including phenoxy) is 1. The highest BCUT2D eigenvalue weighted by atomic mass is 19.1. The molecule has 3 heterocycles. The van der Waals surface area contributed by atoms with E-state index < -0.39 is 6.09 Å². The quantitative estimate of drug-likeness (QED) is 0.791. The Hall–Kier alpha value is -3.00. The molecule has 1 fully saturated rings. The van der Waals surface area contributed by atoms with Crippen molar-refractivity contribution in [1.29, 1.82) is 0 Å². The first-order valence-corrected chi connectivity index (χ1v) is 10.9. The molecule has 170 valence electrons. The van der Waals surface area contributed by atoms with Crippen LogP contribution in [0.3, 0.4) is 0 Å². The number of hydrogen-bond acceptors (Lipinski definition) is 5. The van der Waals surface area contributed by atoms with Gasteiger partial charge in [0.25, 0.3) is 5.91 Å². The van der Waals surface area contributed by atoms with Crippen LogP contribution in [0.5, 0.6) is 0 Å². The summed E-state index contributed by atoms with van der Waals surface area (Å²) in [7, 11) is 0. The van der Waals surface area contributed by atoms with E-state index in [2.05, 4.69) is 10.3 Å². The summed E-state index contributed by atoms with van der Waals surface area (Å²) in [4.78, 5) is 33.4. The van der Waals surface area contributed by atoms with Crippen LogP contribution in [0.15, 0.2) is 36.5 Å². The summed E-state index contributed by atoms with van der Waals surface area (Å²) >= 11 is 0. The average Bonchev–Trinajstić information content (AvgIpc) is 3.04. The lowest BCUT2D eigenvalue weighted by atomic mass is 9.91. The molecule has 0 spiro atoms. The molecule has 2 aliphatic heterocycles. The van der Waals surface area contributed by atoms with Crippen molar-refractivity contribution in [2.45, 2.75) is 38.6 Å². The van der Waals surface area contributed by atoms with Crippen molar-refractivity contribution in [3.8, 4) is 0 Å². The molecular formula is C24H29FN4O3. The third-order valence-corrected chi connectivity index (χ3v) is 6.09. The fourth-order valence-electron chi connectivity index (χ4n) is 4.33. The van der Waals surface area contributed by atoms with Gasteiger partial charge in [-0.1, -0.05) is 26.0 Å². The number of aromatic nitrogens is 1. The summed E-state index contributed by atoms with van der Waals surface area (Å²) in [5, 5.41) is 3.22. The van der Waals surface area contributed by atoms with Crippen molar-refractivity contribution < 1.29 is 18.7 Å². The molecule has 2 aromatic rings. The number of rotatable bonds is 4. The topological polar surface area (TPSA) is 74.8 Å². The number of carbonyl (C=O) groups is 2. The lowest BCUT2D eigenvalue weighted by Crippen LogP contribution is -2.52. The van der Waals surface area contributed by atoms with Gasteiger partial charge >= 0.3 is 6.09 Å². The third-order valence-electron chi connectivity index (χ3n) is 6.09. The normalized spacial score (nSPS) is 19.6. The van der Waals surface area contributed by atoms with E-state index >= 15 is 0 Å². The number of nitrogens with one attached hydrogen (secondary N) is 1. The van der Waals surface area contributed by atoms with Crippen molar-refractivity contribution in [3.63, 3.8) is 0 Å². The van der Waals surface area contributed by atoms with E-state index in [0.717, 1.165) is 22.5 Å². The standard InChI is InChI=1S/C24H29FN4O3/c1-16-12-26-8-9-28(16)23(31)32-14-21(30)29-15-24(2,3)22-20(29)11-18(13-27-22)10-17-4-6-19(25)7-5-17/h4-7,11,13,16,26H,8-10,12,14-15H2,1-3H3. The van der Waals surface area contributed by atoms with E-state index in [1.807, 2.05) is 33.0 Å². The lowest BCUT2D eigenvalue weighted by Gasteiger charge is -2.33. The summed E-state index contributed by atoms with van der Waals surface area (Å²) in [6.07, 6.45) is 1.93. The molecule has 7 nitrogen and oxygen atoms in total. The van der Waals surface area contributed by atoms with Crippen molar-refractivity contribution >= 4 is 17.7 Å². The maximum atomic E-state index is 13.2. The van der Waals surface area contributed by atoms with Crippen LogP contribution in [0.1, 0.15) is 37.6 Å². The highest BCUT2D eigenvalue weighted by molar-refractivity contribution is 5.97. The van der Waals surface area contributed by atoms with Gasteiger partial charge in [0.2, 0.25) is 0 Å². The largest absolute Gasteiger partial charge is 0.439 e. The second-order valence-electron chi connectivity index (χ2n) is 9.18. The molecular weight excluding hydrogens is 411 g/mol. The molecule has 1 atom stereocenters. The Balaban J connectivity index is 1.47. The molecule has 1 aromatic carbocycles. The molecule has 1 aromatic heterocycles. The SMILES string of the molecule is CC1CNCCN1C(=O)OCC(=O)N1CC(C)(C)c2ncc(Cc3ccc(F)cc3)cc21. The number of nitrogens with zero attached hydrogens (tertiary/aromatic N) is 3. The monoisotopic (exact) mass is 440 g/mol. The van der Waals surface area contributed by atoms with Crippen molar-refractivity contribution in [2.75, 3.05) is 37.7 Å². The summed E-state index contributed by atoms with van der Waals surface area (Å²) < 4.78 is 18.6. The highest BCUT2D eigenvalue weighted by Gasteiger charge is 2.40. The summed E-state index contributed by atoms with van der Waals surface area (Å²) in [6.45, 7) is 8.17. The number of pyridine rings is 1. The molecule has 4 rings (SSSR count). The predicted molar refractivity (Wildman–Crippen MR) is 119 cm³/mol. The minimum absolute atomic E-state index is 0.0241. The third kappa shape index (κ3) is 4.60. The van der Waals surface area contributed by atoms with Crippen LogP contribution in [0, 0.1) is 5.82 Å². The Labute approximate surface area is 187 Å². The first-order chi connectivity index (χ1) is 15.2. The Morgan fingerprint density at radius 1 is 1.25 bits per heavy atom. The number of hydrogen-bond donors (Lipinski definition) is 1. The van der Waals surface area contributed by atoms with Gasteiger partial charge in [0, 0.05) is 43.8 Å². The molecule has 1 N–H and O–H groups in total. The van der Waals surface area contributed by atoms with E-state index in [-0.39, 0.29) is 29.8 Å². The maximum absolute atomic E-state index is 13.2. The van der Waals surface area contributed by atoms with Gasteiger partial charge in [0.15, 0.2) is 6.61 Å². The lowest BCUT2D eigenvalue weighted by molar-refractivity contribution is -0.121. The van der Waals surface area contributed by atoms with Crippen LogP contribution >= 0.6 is 0 Å². The van der Waals surface area contributed by atoms with Gasteiger partial charge in [-0.05, 0) is 42.7 Å². The molecule has 1 unspecified atom stereocenters. The number of carbonyl (C=O) groups excluding carboxylic acids is 2. The van der Waals surface area contributed by atoms with Gasteiger partial charge < -0.3 is 19.9 Å². The maximum Gasteiger partial charge on any atom is 0.410 e. The molecule has 0 saturated carbocycles. The van der Waals surface area contributed by atoms with Gasteiger partial charge in [-0.3, -0.25) is 9.78 Å². The molecule has 0 radical (unpaired) electrons. The molecule has 1 saturated heterocycles. The number of amides is 2. The zero-order valence-electron chi connectivity index (χ0n) is 18.7. The molecule has 8 heteroatoms. The second kappa shape index (κ2) is 8.86. The summed E-state index contributed by atoms with van der Waals surface area (Å²) in [6, 6.07) is 8.33. The van der Waals surface area contributed by atoms with Crippen molar-refractivity contribution in [2.24, 2.45) is 0 Å². The minimum atomic E-state index is -0.464. The number of anilines is 1. The number of piperazine rings is 1. The Morgan fingerprint density at radius 3 is 2.72 bits per heavy atom. The average molecular weight is 441 g/mol. The first kappa shape index (κ1) is 22.2. The first-order valence-electron chi connectivity index (χ1n) is 10.9. The van der Waals surface area contributed by atoms with Gasteiger partial charge in [-0.2, -0.15) is 0 Å². The van der Waals surface area contributed by atoms with Crippen molar-refractivity contribution in [3.05, 3.63) is 59.2 Å². The molecule has 2 aliphatic rings. The fourth-order valence-corrected chi connectivity index (χ4v) is 4.33. The smallest absolute Gasteiger partial charge is 0.410 e. The second-order valence-corrected chi connectivity index (χ2v) is 9.18. The van der Waals surface area contributed by atoms with Crippen LogP contribution in [-0.2, 0) is 21.4 Å². The van der Waals surface area contributed by atoms with Gasteiger partial charge in [0.05, 0.1) is 11.4 Å². The van der Waals surface area contributed by atoms with E-state index in [1.165, 1.54) is 12.1 Å². The summed E-state index contributed by atoms with van der Waals surface area (Å²) in [5.41, 5.74) is 3.16. The molecule has 0 bridgehead atoms. The van der Waals surface area contributed by atoms with Gasteiger partial charge in [0.1, 0.15) is 5.82 Å². The Kier molecular flexibility index (Phi) is 6.15. The number of halogens is 1.